The van der Waals surface area contributed by atoms with Crippen molar-refractivity contribution in [3.63, 3.8) is 0 Å². The summed E-state index contributed by atoms with van der Waals surface area (Å²) in [6, 6.07) is 19.5. The first-order chi connectivity index (χ1) is 38.6. The Bertz CT molecular complexity index is 4710. The molecule has 0 unspecified atom stereocenters. The first kappa shape index (κ1) is 21.5. The maximum absolute atomic E-state index is 9.66. The molecule has 0 aliphatic heterocycles. The highest BCUT2D eigenvalue weighted by molar-refractivity contribution is 7.26. The zero-order valence-electron chi connectivity index (χ0n) is 51.0. The van der Waals surface area contributed by atoms with Crippen LogP contribution < -0.4 is 0 Å². The number of thiophene rings is 1. The molecule has 5 heteroatoms. The van der Waals surface area contributed by atoms with E-state index in [4.69, 9.17) is 34.1 Å². The normalized spacial score (nSPS) is 15.8. The van der Waals surface area contributed by atoms with E-state index in [-0.39, 0.29) is 115 Å². The van der Waals surface area contributed by atoms with Gasteiger partial charge in [0.2, 0.25) is 0 Å². The summed E-state index contributed by atoms with van der Waals surface area (Å²) in [7, 11) is 0. The van der Waals surface area contributed by atoms with Crippen LogP contribution in [0.4, 0.5) is 0 Å². The zero-order chi connectivity index (χ0) is 57.5. The lowest BCUT2D eigenvalue weighted by molar-refractivity contribution is 1.06. The van der Waals surface area contributed by atoms with Gasteiger partial charge in [-0.25, -0.2) is 15.0 Å². The van der Waals surface area contributed by atoms with Crippen LogP contribution in [0, 0.1) is 0 Å². The third-order valence-corrected chi connectivity index (χ3v) is 11.8. The van der Waals surface area contributed by atoms with Crippen LogP contribution in [0.25, 0.3) is 115 Å². The van der Waals surface area contributed by atoms with Crippen molar-refractivity contribution in [2.75, 3.05) is 0 Å². The predicted molar refractivity (Wildman–Crippen MR) is 260 cm³/mol. The summed E-state index contributed by atoms with van der Waals surface area (Å²) in [4.78, 5) is 14.6. The van der Waals surface area contributed by atoms with Crippen LogP contribution in [0.15, 0.2) is 218 Å². The zero-order valence-corrected chi connectivity index (χ0v) is 32.8. The Kier molecular flexibility index (Phi) is 5.18. The van der Waals surface area contributed by atoms with E-state index >= 15 is 0 Å². The molecule has 0 atom stereocenters. The number of para-hydroxylation sites is 2. The maximum atomic E-state index is 9.66. The Morgan fingerprint density at radius 2 is 0.984 bits per heavy atom. The first-order valence-corrected chi connectivity index (χ1v) is 20.1. The number of fused-ring (bicyclic) bond motifs is 6. The van der Waals surface area contributed by atoms with Crippen molar-refractivity contribution in [3.8, 4) is 73.2 Å². The molecular formula is C57H36N4S. The molecule has 0 fully saturated rings. The van der Waals surface area contributed by atoms with Crippen molar-refractivity contribution in [1.82, 2.24) is 19.5 Å². The summed E-state index contributed by atoms with van der Waals surface area (Å²) in [5.41, 5.74) is 1.62. The van der Waals surface area contributed by atoms with Gasteiger partial charge in [0.25, 0.3) is 0 Å². The van der Waals surface area contributed by atoms with E-state index < -0.39 is 72.5 Å². The van der Waals surface area contributed by atoms with Crippen molar-refractivity contribution in [1.29, 1.82) is 0 Å². The van der Waals surface area contributed by atoms with Crippen molar-refractivity contribution in [2.24, 2.45) is 0 Å². The molecule has 4 nitrogen and oxygen atoms in total. The van der Waals surface area contributed by atoms with Gasteiger partial charge in [0, 0.05) is 47.6 Å². The standard InChI is InChI=1S/C57H36N4S/c1-4-17-37(18-5-1)40-33-34-52-49(36-40)45-25-10-12-31-50(45)61(52)51-32-13-11-26-48(51)57-59-55(39-21-8-3-9-22-39)58-56(60-57)42-24-14-23-41(35-42)44-28-16-30-47-46-29-15-27-43(53(46)62-54(44)47)38-19-6-2-7-20-38/h1-36H/i1D,2D,3D,6D,7D,8D,9D,10D,17D,18D,19D,20D,21D,22D,25D,31D,33D,34D,36D. The van der Waals surface area contributed by atoms with Crippen LogP contribution in [-0.4, -0.2) is 19.5 Å². The Morgan fingerprint density at radius 1 is 0.371 bits per heavy atom. The summed E-state index contributed by atoms with van der Waals surface area (Å²) in [6.07, 6.45) is 0. The van der Waals surface area contributed by atoms with Crippen LogP contribution in [0.5, 0.6) is 0 Å². The van der Waals surface area contributed by atoms with Crippen LogP contribution in [0.1, 0.15) is 26.0 Å². The number of hydrogen-bond acceptors (Lipinski definition) is 4. The highest BCUT2D eigenvalue weighted by atomic mass is 32.1. The summed E-state index contributed by atoms with van der Waals surface area (Å²) >= 11 is 1.39. The van der Waals surface area contributed by atoms with Crippen LogP contribution >= 0.6 is 11.3 Å². The fraction of sp³-hybridized carbons (Fsp3) is 0. The average Bonchev–Trinajstić information content (AvgIpc) is 2.46. The lowest BCUT2D eigenvalue weighted by atomic mass is 9.99. The molecule has 62 heavy (non-hydrogen) atoms. The molecule has 9 aromatic carbocycles. The molecule has 290 valence electrons. The van der Waals surface area contributed by atoms with Gasteiger partial charge in [0.05, 0.1) is 42.8 Å². The van der Waals surface area contributed by atoms with Gasteiger partial charge in [-0.2, -0.15) is 0 Å². The smallest absolute Gasteiger partial charge is 0.166 e. The second-order valence-corrected chi connectivity index (χ2v) is 15.1. The lowest BCUT2D eigenvalue weighted by Gasteiger charge is -2.15. The van der Waals surface area contributed by atoms with E-state index in [0.717, 1.165) is 39.2 Å². The molecular weight excluding hydrogens is 773 g/mol. The second-order valence-electron chi connectivity index (χ2n) is 14.1. The van der Waals surface area contributed by atoms with Crippen LogP contribution in [0.2, 0.25) is 0 Å². The van der Waals surface area contributed by atoms with Crippen LogP contribution in [0.3, 0.4) is 0 Å². The van der Waals surface area contributed by atoms with Crippen molar-refractivity contribution < 1.29 is 26.0 Å². The minimum absolute atomic E-state index is 0.0232. The average molecular weight is 828 g/mol. The van der Waals surface area contributed by atoms with Crippen molar-refractivity contribution >= 4 is 53.3 Å². The van der Waals surface area contributed by atoms with E-state index in [1.54, 1.807) is 54.6 Å². The quantitative estimate of drug-likeness (QED) is 0.161. The van der Waals surface area contributed by atoms with Gasteiger partial charge >= 0.3 is 0 Å². The maximum Gasteiger partial charge on any atom is 0.166 e. The minimum atomic E-state index is -0.651. The molecule has 3 aromatic heterocycles. The Labute approximate surface area is 389 Å². The van der Waals surface area contributed by atoms with Crippen molar-refractivity contribution in [2.45, 2.75) is 0 Å². The summed E-state index contributed by atoms with van der Waals surface area (Å²) in [5.74, 6) is -0.476. The van der Waals surface area contributed by atoms with Gasteiger partial charge in [0.1, 0.15) is 0 Å². The minimum Gasteiger partial charge on any atom is -0.309 e. The number of hydrogen-bond donors (Lipinski definition) is 0. The molecule has 12 rings (SSSR count). The SMILES string of the molecule is [2H]c1cc([2H])c(-c2c([2H])c([2H])c3c(c2[2H])c2c([2H])c([2H])cc([2H])c2n3-c2ccccc2-c2nc(-c3cccc(-c4cccc5c4sc4c(-c6c([2H])c([2H])c([2H])c([2H])c6[2H])cccc45)c3)nc(-c3c([2H])c([2H])c([2H])c([2H])c3[2H])n2)c([2H])c1. The molecule has 0 bridgehead atoms. The van der Waals surface area contributed by atoms with E-state index in [1.165, 1.54) is 15.9 Å². The van der Waals surface area contributed by atoms with Gasteiger partial charge in [0.15, 0.2) is 17.5 Å². The summed E-state index contributed by atoms with van der Waals surface area (Å²) in [6.45, 7) is 0. The highest BCUT2D eigenvalue weighted by Gasteiger charge is 2.20. The predicted octanol–water partition coefficient (Wildman–Crippen LogP) is 15.3. The number of nitrogens with zero attached hydrogens (tertiary/aromatic N) is 4. The molecule has 0 aliphatic carbocycles. The van der Waals surface area contributed by atoms with Gasteiger partial charge in [-0.05, 0) is 69.7 Å². The topological polar surface area (TPSA) is 43.6 Å². The van der Waals surface area contributed by atoms with Gasteiger partial charge < -0.3 is 4.57 Å². The van der Waals surface area contributed by atoms with Gasteiger partial charge in [-0.3, -0.25) is 0 Å². The molecule has 0 saturated carbocycles. The van der Waals surface area contributed by atoms with Crippen molar-refractivity contribution in [3.05, 3.63) is 218 Å². The monoisotopic (exact) mass is 827 g/mol. The largest absolute Gasteiger partial charge is 0.309 e. The number of aromatic nitrogens is 4. The Hall–Kier alpha value is -7.99. The van der Waals surface area contributed by atoms with E-state index in [9.17, 15) is 6.85 Å². The first-order valence-electron chi connectivity index (χ1n) is 28.8. The summed E-state index contributed by atoms with van der Waals surface area (Å²) < 4.78 is 170. The Morgan fingerprint density at radius 3 is 1.76 bits per heavy atom. The van der Waals surface area contributed by atoms with E-state index in [0.29, 0.717) is 21.4 Å². The summed E-state index contributed by atoms with van der Waals surface area (Å²) in [5, 5.41) is 1.41. The van der Waals surface area contributed by atoms with Gasteiger partial charge in [-0.15, -0.1) is 11.3 Å². The van der Waals surface area contributed by atoms with Crippen LogP contribution in [-0.2, 0) is 0 Å². The fourth-order valence-electron chi connectivity index (χ4n) is 7.79. The molecule has 0 spiro atoms. The third-order valence-electron chi connectivity index (χ3n) is 10.5. The molecule has 0 radical (unpaired) electrons. The molecule has 3 heterocycles. The van der Waals surface area contributed by atoms with E-state index in [1.807, 2.05) is 30.3 Å². The molecule has 0 amide bonds. The lowest BCUT2D eigenvalue weighted by Crippen LogP contribution is -2.03. The molecule has 0 saturated heterocycles. The Balaban J connectivity index is 1.11. The third kappa shape index (κ3) is 6.09. The highest BCUT2D eigenvalue weighted by Crippen LogP contribution is 2.44. The number of benzene rings is 9. The molecule has 0 aliphatic rings. The number of rotatable bonds is 7. The van der Waals surface area contributed by atoms with Gasteiger partial charge in [-0.1, -0.05) is 182 Å². The second kappa shape index (κ2) is 14.9. The molecule has 12 aromatic rings. The fourth-order valence-corrected chi connectivity index (χ4v) is 9.15. The molecule has 0 N–H and O–H groups in total. The van der Waals surface area contributed by atoms with E-state index in [2.05, 4.69) is 0 Å².